The van der Waals surface area contributed by atoms with E-state index in [1.807, 2.05) is 0 Å². The zero-order valence-corrected chi connectivity index (χ0v) is 11.0. The van der Waals surface area contributed by atoms with Crippen LogP contribution in [-0.4, -0.2) is 16.6 Å². The third kappa shape index (κ3) is 3.33. The van der Waals surface area contributed by atoms with Crippen molar-refractivity contribution in [3.05, 3.63) is 23.2 Å². The van der Waals surface area contributed by atoms with E-state index >= 15 is 0 Å². The molecule has 0 aromatic carbocycles. The Bertz CT molecular complexity index is 391. The van der Waals surface area contributed by atoms with Gasteiger partial charge in [-0.15, -0.1) is 0 Å². The molecule has 1 aromatic rings. The quantitative estimate of drug-likeness (QED) is 0.801. The summed E-state index contributed by atoms with van der Waals surface area (Å²) in [4.78, 5) is 10.8. The zero-order chi connectivity index (χ0) is 13.1. The number of rotatable bonds is 6. The molecule has 1 heterocycles. The number of carboxylic acid groups (broad SMARTS) is 1. The number of nitrogens with one attached hydrogen (secondary N) is 1. The first-order valence-electron chi connectivity index (χ1n) is 5.99. The van der Waals surface area contributed by atoms with Crippen molar-refractivity contribution < 1.29 is 14.3 Å². The van der Waals surface area contributed by atoms with Crippen LogP contribution in [0.25, 0.3) is 0 Å². The molecule has 0 spiro atoms. The van der Waals surface area contributed by atoms with E-state index in [0.717, 1.165) is 18.4 Å². The number of carbonyl (C=O) groups is 1. The highest BCUT2D eigenvalue weighted by atomic mass is 16.4. The van der Waals surface area contributed by atoms with E-state index in [1.54, 1.807) is 13.0 Å². The van der Waals surface area contributed by atoms with Crippen LogP contribution in [0.4, 0.5) is 0 Å². The van der Waals surface area contributed by atoms with Gasteiger partial charge in [-0.25, -0.2) is 4.79 Å². The molecule has 0 radical (unpaired) electrons. The molecule has 17 heavy (non-hydrogen) atoms. The number of furan rings is 1. The van der Waals surface area contributed by atoms with Crippen LogP contribution in [0.2, 0.25) is 0 Å². The Morgan fingerprint density at radius 3 is 2.47 bits per heavy atom. The molecule has 0 aliphatic rings. The van der Waals surface area contributed by atoms with Gasteiger partial charge in [-0.2, -0.15) is 0 Å². The van der Waals surface area contributed by atoms with E-state index in [2.05, 4.69) is 26.1 Å². The van der Waals surface area contributed by atoms with Crippen LogP contribution in [-0.2, 0) is 6.54 Å². The summed E-state index contributed by atoms with van der Waals surface area (Å²) in [5.74, 6) is -0.341. The van der Waals surface area contributed by atoms with E-state index in [1.165, 1.54) is 0 Å². The van der Waals surface area contributed by atoms with Gasteiger partial charge in [-0.1, -0.05) is 13.8 Å². The number of aryl methyl sites for hydroxylation is 1. The molecule has 0 saturated heterocycles. The molecule has 0 atom stereocenters. The molecular formula is C13H21NO3. The van der Waals surface area contributed by atoms with Crippen LogP contribution in [0.5, 0.6) is 0 Å². The lowest BCUT2D eigenvalue weighted by molar-refractivity contribution is 0.0661. The fraction of sp³-hybridized carbons (Fsp3) is 0.615. The van der Waals surface area contributed by atoms with Crippen LogP contribution in [0.3, 0.4) is 0 Å². The summed E-state index contributed by atoms with van der Waals surface area (Å²) in [7, 11) is 0. The highest BCUT2D eigenvalue weighted by Crippen LogP contribution is 2.18. The Kier molecular flexibility index (Phi) is 4.34. The normalized spacial score (nSPS) is 11.8. The van der Waals surface area contributed by atoms with Crippen molar-refractivity contribution in [2.24, 2.45) is 0 Å². The van der Waals surface area contributed by atoms with Crippen molar-refractivity contribution in [2.75, 3.05) is 0 Å². The van der Waals surface area contributed by atoms with Crippen molar-refractivity contribution in [1.29, 1.82) is 0 Å². The summed E-state index contributed by atoms with van der Waals surface area (Å²) in [6.07, 6.45) is 2.07. The molecule has 0 fully saturated rings. The number of hydrogen-bond acceptors (Lipinski definition) is 3. The van der Waals surface area contributed by atoms with Gasteiger partial charge < -0.3 is 14.8 Å². The molecule has 0 aliphatic heterocycles. The standard InChI is InChI=1S/C13H21NO3/c1-5-13(4,6-2)14-8-10-7-11(12(15)16)17-9(10)3/h7,14H,5-6,8H2,1-4H3,(H,15,16). The monoisotopic (exact) mass is 239 g/mol. The highest BCUT2D eigenvalue weighted by Gasteiger charge is 2.20. The van der Waals surface area contributed by atoms with E-state index in [9.17, 15) is 4.79 Å². The summed E-state index contributed by atoms with van der Waals surface area (Å²) in [6.45, 7) is 8.88. The summed E-state index contributed by atoms with van der Waals surface area (Å²) >= 11 is 0. The van der Waals surface area contributed by atoms with Crippen molar-refractivity contribution in [2.45, 2.75) is 52.6 Å². The average Bonchev–Trinajstić information content (AvgIpc) is 2.68. The molecule has 0 bridgehead atoms. The smallest absolute Gasteiger partial charge is 0.371 e. The van der Waals surface area contributed by atoms with Gasteiger partial charge in [0.25, 0.3) is 0 Å². The lowest BCUT2D eigenvalue weighted by Crippen LogP contribution is -2.40. The molecule has 0 amide bonds. The number of hydrogen-bond donors (Lipinski definition) is 2. The Labute approximate surface area is 102 Å². The minimum atomic E-state index is -1.02. The van der Waals surface area contributed by atoms with Gasteiger partial charge in [0.05, 0.1) is 0 Å². The Balaban J connectivity index is 2.72. The maximum absolute atomic E-state index is 10.8. The second-order valence-corrected chi connectivity index (χ2v) is 4.62. The fourth-order valence-corrected chi connectivity index (χ4v) is 1.61. The minimum absolute atomic E-state index is 0.00833. The van der Waals surface area contributed by atoms with E-state index in [0.29, 0.717) is 12.3 Å². The topological polar surface area (TPSA) is 62.5 Å². The predicted octanol–water partition coefficient (Wildman–Crippen LogP) is 2.95. The minimum Gasteiger partial charge on any atom is -0.475 e. The third-order valence-corrected chi connectivity index (χ3v) is 3.50. The van der Waals surface area contributed by atoms with Gasteiger partial charge >= 0.3 is 5.97 Å². The van der Waals surface area contributed by atoms with Gasteiger partial charge in [0, 0.05) is 17.6 Å². The van der Waals surface area contributed by atoms with Crippen molar-refractivity contribution in [3.63, 3.8) is 0 Å². The highest BCUT2D eigenvalue weighted by molar-refractivity contribution is 5.84. The first-order valence-corrected chi connectivity index (χ1v) is 5.99. The molecule has 0 aliphatic carbocycles. The van der Waals surface area contributed by atoms with Crippen LogP contribution in [0.15, 0.2) is 10.5 Å². The van der Waals surface area contributed by atoms with Crippen molar-refractivity contribution in [3.8, 4) is 0 Å². The molecule has 4 nitrogen and oxygen atoms in total. The summed E-state index contributed by atoms with van der Waals surface area (Å²) in [6, 6.07) is 1.59. The van der Waals surface area contributed by atoms with Crippen LogP contribution < -0.4 is 5.32 Å². The Morgan fingerprint density at radius 2 is 2.06 bits per heavy atom. The first-order chi connectivity index (χ1) is 7.91. The molecule has 1 aromatic heterocycles. The van der Waals surface area contributed by atoms with Gasteiger partial charge in [0.2, 0.25) is 5.76 Å². The summed E-state index contributed by atoms with van der Waals surface area (Å²) in [5.41, 5.74) is 1.00. The average molecular weight is 239 g/mol. The summed E-state index contributed by atoms with van der Waals surface area (Å²) in [5, 5.41) is 12.3. The maximum atomic E-state index is 10.8. The zero-order valence-electron chi connectivity index (χ0n) is 11.0. The number of aromatic carboxylic acids is 1. The molecule has 4 heteroatoms. The summed E-state index contributed by atoms with van der Waals surface area (Å²) < 4.78 is 5.17. The molecule has 0 unspecified atom stereocenters. The fourth-order valence-electron chi connectivity index (χ4n) is 1.61. The lowest BCUT2D eigenvalue weighted by Gasteiger charge is -2.28. The van der Waals surface area contributed by atoms with Gasteiger partial charge in [0.15, 0.2) is 0 Å². The Morgan fingerprint density at radius 1 is 1.47 bits per heavy atom. The molecule has 96 valence electrons. The van der Waals surface area contributed by atoms with E-state index in [4.69, 9.17) is 9.52 Å². The molecule has 0 saturated carbocycles. The second-order valence-electron chi connectivity index (χ2n) is 4.62. The maximum Gasteiger partial charge on any atom is 0.371 e. The van der Waals surface area contributed by atoms with Crippen molar-refractivity contribution >= 4 is 5.97 Å². The van der Waals surface area contributed by atoms with E-state index < -0.39 is 5.97 Å². The SMILES string of the molecule is CCC(C)(CC)NCc1cc(C(=O)O)oc1C. The third-order valence-electron chi connectivity index (χ3n) is 3.50. The predicted molar refractivity (Wildman–Crippen MR) is 66.2 cm³/mol. The molecule has 2 N–H and O–H groups in total. The molecular weight excluding hydrogens is 218 g/mol. The van der Waals surface area contributed by atoms with E-state index in [-0.39, 0.29) is 11.3 Å². The van der Waals surface area contributed by atoms with Gasteiger partial charge in [0.1, 0.15) is 5.76 Å². The lowest BCUT2D eigenvalue weighted by atomic mass is 9.95. The van der Waals surface area contributed by atoms with Gasteiger partial charge in [-0.3, -0.25) is 0 Å². The first kappa shape index (κ1) is 13.8. The molecule has 1 rings (SSSR count). The largest absolute Gasteiger partial charge is 0.475 e. The van der Waals surface area contributed by atoms with Crippen molar-refractivity contribution in [1.82, 2.24) is 5.32 Å². The van der Waals surface area contributed by atoms with Crippen LogP contribution in [0, 0.1) is 6.92 Å². The van der Waals surface area contributed by atoms with Gasteiger partial charge in [-0.05, 0) is 32.8 Å². The second kappa shape index (κ2) is 5.36. The number of carboxylic acids is 1. The van der Waals surface area contributed by atoms with Crippen LogP contribution in [0.1, 0.15) is 55.5 Å². The Hall–Kier alpha value is -1.29. The van der Waals surface area contributed by atoms with Crippen LogP contribution >= 0.6 is 0 Å².